The minimum atomic E-state index is -1.88. The van der Waals surface area contributed by atoms with Gasteiger partial charge < -0.3 is 10.2 Å². The first kappa shape index (κ1) is 12.2. The summed E-state index contributed by atoms with van der Waals surface area (Å²) in [7, 11) is 0.812. The SMILES string of the molecule is COC(=O)c1c(F)c(F)c(NN)c(F)c1F. The Balaban J connectivity index is 3.60. The Hall–Kier alpha value is -1.83. The van der Waals surface area contributed by atoms with E-state index in [-0.39, 0.29) is 0 Å². The summed E-state index contributed by atoms with van der Waals surface area (Å²) >= 11 is 0. The highest BCUT2D eigenvalue weighted by Crippen LogP contribution is 2.27. The summed E-state index contributed by atoms with van der Waals surface area (Å²) in [5.41, 5.74) is -1.21. The van der Waals surface area contributed by atoms with Gasteiger partial charge in [0.2, 0.25) is 0 Å². The Morgan fingerprint density at radius 1 is 1.12 bits per heavy atom. The molecule has 0 amide bonds. The van der Waals surface area contributed by atoms with Crippen molar-refractivity contribution in [1.29, 1.82) is 0 Å². The summed E-state index contributed by atoms with van der Waals surface area (Å²) in [6, 6.07) is 0. The molecule has 0 saturated carbocycles. The van der Waals surface area contributed by atoms with Crippen LogP contribution in [0.1, 0.15) is 10.4 Å². The lowest BCUT2D eigenvalue weighted by molar-refractivity contribution is 0.0587. The minimum absolute atomic E-state index is 0.812. The van der Waals surface area contributed by atoms with E-state index in [1.807, 2.05) is 0 Å². The molecule has 0 radical (unpaired) electrons. The smallest absolute Gasteiger partial charge is 0.344 e. The lowest BCUT2D eigenvalue weighted by atomic mass is 10.1. The van der Waals surface area contributed by atoms with Crippen molar-refractivity contribution in [1.82, 2.24) is 0 Å². The number of nitrogens with one attached hydrogen (secondary N) is 1. The summed E-state index contributed by atoms with van der Waals surface area (Å²) < 4.78 is 56.4. The van der Waals surface area contributed by atoms with Gasteiger partial charge in [0.15, 0.2) is 23.3 Å². The first-order valence-corrected chi connectivity index (χ1v) is 3.86. The fraction of sp³-hybridized carbons (Fsp3) is 0.125. The molecule has 0 saturated heterocycles. The van der Waals surface area contributed by atoms with Crippen LogP contribution < -0.4 is 11.3 Å². The third-order valence-corrected chi connectivity index (χ3v) is 1.80. The minimum Gasteiger partial charge on any atom is -0.465 e. The number of carbonyl (C=O) groups is 1. The molecule has 1 aromatic carbocycles. The number of hydrogen-bond acceptors (Lipinski definition) is 4. The van der Waals surface area contributed by atoms with E-state index in [1.54, 1.807) is 0 Å². The Morgan fingerprint density at radius 3 is 1.88 bits per heavy atom. The molecule has 3 N–H and O–H groups in total. The zero-order chi connectivity index (χ0) is 12.5. The maximum absolute atomic E-state index is 13.1. The molecule has 0 aliphatic rings. The molecule has 1 aromatic rings. The van der Waals surface area contributed by atoms with Gasteiger partial charge in [-0.05, 0) is 0 Å². The highest BCUT2D eigenvalue weighted by Gasteiger charge is 2.29. The second-order valence-electron chi connectivity index (χ2n) is 2.64. The number of rotatable bonds is 2. The van der Waals surface area contributed by atoms with Crippen LogP contribution in [0.25, 0.3) is 0 Å². The fourth-order valence-electron chi connectivity index (χ4n) is 1.04. The monoisotopic (exact) mass is 238 g/mol. The van der Waals surface area contributed by atoms with Crippen LogP contribution >= 0.6 is 0 Å². The number of ether oxygens (including phenoxy) is 1. The highest BCUT2D eigenvalue weighted by atomic mass is 19.2. The Kier molecular flexibility index (Phi) is 3.33. The van der Waals surface area contributed by atoms with Gasteiger partial charge in [-0.1, -0.05) is 0 Å². The first-order chi connectivity index (χ1) is 7.45. The molecular weight excluding hydrogens is 232 g/mol. The normalized spacial score (nSPS) is 10.1. The van der Waals surface area contributed by atoms with Gasteiger partial charge in [-0.15, -0.1) is 0 Å². The van der Waals surface area contributed by atoms with E-state index in [2.05, 4.69) is 10.6 Å². The van der Waals surface area contributed by atoms with Crippen LogP contribution in [0, 0.1) is 23.3 Å². The maximum Gasteiger partial charge on any atom is 0.344 e. The second-order valence-corrected chi connectivity index (χ2v) is 2.64. The van der Waals surface area contributed by atoms with Gasteiger partial charge in [0, 0.05) is 0 Å². The summed E-state index contributed by atoms with van der Waals surface area (Å²) in [6.45, 7) is 0. The number of methoxy groups -OCH3 is 1. The van der Waals surface area contributed by atoms with Crippen LogP contribution in [0.15, 0.2) is 0 Å². The van der Waals surface area contributed by atoms with E-state index < -0.39 is 40.5 Å². The van der Waals surface area contributed by atoms with Crippen molar-refractivity contribution >= 4 is 11.7 Å². The molecule has 0 aromatic heterocycles. The van der Waals surface area contributed by atoms with Crippen LogP contribution in [-0.4, -0.2) is 13.1 Å². The van der Waals surface area contributed by atoms with E-state index in [9.17, 15) is 22.4 Å². The average Bonchev–Trinajstić information content (AvgIpc) is 2.27. The van der Waals surface area contributed by atoms with E-state index in [0.717, 1.165) is 7.11 Å². The molecule has 0 aliphatic carbocycles. The molecule has 0 bridgehead atoms. The van der Waals surface area contributed by atoms with Gasteiger partial charge in [-0.25, -0.2) is 22.4 Å². The third-order valence-electron chi connectivity index (χ3n) is 1.80. The van der Waals surface area contributed by atoms with E-state index in [4.69, 9.17) is 0 Å². The van der Waals surface area contributed by atoms with Crippen LogP contribution in [0.4, 0.5) is 23.2 Å². The summed E-state index contributed by atoms with van der Waals surface area (Å²) in [5.74, 6) is -4.22. The number of anilines is 1. The van der Waals surface area contributed by atoms with Gasteiger partial charge in [0.05, 0.1) is 7.11 Å². The van der Waals surface area contributed by atoms with Crippen LogP contribution in [0.3, 0.4) is 0 Å². The maximum atomic E-state index is 13.1. The number of nitrogens with two attached hydrogens (primary N) is 1. The van der Waals surface area contributed by atoms with Gasteiger partial charge in [-0.3, -0.25) is 5.84 Å². The summed E-state index contributed by atoms with van der Waals surface area (Å²) in [6.07, 6.45) is 0. The molecule has 88 valence electrons. The fourth-order valence-corrected chi connectivity index (χ4v) is 1.04. The van der Waals surface area contributed by atoms with E-state index >= 15 is 0 Å². The largest absolute Gasteiger partial charge is 0.465 e. The van der Waals surface area contributed by atoms with Crippen molar-refractivity contribution in [3.05, 3.63) is 28.8 Å². The first-order valence-electron chi connectivity index (χ1n) is 3.86. The van der Waals surface area contributed by atoms with Crippen molar-refractivity contribution in [2.24, 2.45) is 5.84 Å². The van der Waals surface area contributed by atoms with Crippen LogP contribution in [0.2, 0.25) is 0 Å². The van der Waals surface area contributed by atoms with Gasteiger partial charge in [0.25, 0.3) is 0 Å². The standard InChI is InChI=1S/C8H6F4N2O2/c1-16-8(15)2-3(9)5(11)7(14-13)6(12)4(2)10/h14H,13H2,1H3. The highest BCUT2D eigenvalue weighted by molar-refractivity contribution is 5.90. The number of nitrogen functional groups attached to an aromatic ring is 1. The zero-order valence-electron chi connectivity index (χ0n) is 7.91. The molecule has 0 fully saturated rings. The molecule has 1 rings (SSSR count). The molecule has 0 aliphatic heterocycles. The summed E-state index contributed by atoms with van der Waals surface area (Å²) in [5, 5.41) is 0. The number of esters is 1. The molecule has 4 nitrogen and oxygen atoms in total. The van der Waals surface area contributed by atoms with Crippen molar-refractivity contribution in [2.45, 2.75) is 0 Å². The zero-order valence-corrected chi connectivity index (χ0v) is 7.91. The lowest BCUT2D eigenvalue weighted by Gasteiger charge is -2.09. The molecule has 0 unspecified atom stereocenters. The molecule has 0 atom stereocenters. The third kappa shape index (κ3) is 1.67. The predicted molar refractivity (Wildman–Crippen MR) is 45.4 cm³/mol. The van der Waals surface area contributed by atoms with Crippen molar-refractivity contribution in [2.75, 3.05) is 12.5 Å². The van der Waals surface area contributed by atoms with Crippen molar-refractivity contribution < 1.29 is 27.1 Å². The Labute approximate surface area is 87.0 Å². The van der Waals surface area contributed by atoms with Crippen molar-refractivity contribution in [3.8, 4) is 0 Å². The van der Waals surface area contributed by atoms with Crippen molar-refractivity contribution in [3.63, 3.8) is 0 Å². The number of hydrogen-bond donors (Lipinski definition) is 2. The number of benzene rings is 1. The molecule has 0 spiro atoms. The number of halogens is 4. The average molecular weight is 238 g/mol. The van der Waals surface area contributed by atoms with Crippen LogP contribution in [0.5, 0.6) is 0 Å². The van der Waals surface area contributed by atoms with Gasteiger partial charge >= 0.3 is 5.97 Å². The summed E-state index contributed by atoms with van der Waals surface area (Å²) in [4.78, 5) is 10.9. The molecule has 8 heteroatoms. The van der Waals surface area contributed by atoms with E-state index in [1.165, 1.54) is 5.43 Å². The molecule has 16 heavy (non-hydrogen) atoms. The quantitative estimate of drug-likeness (QED) is 0.268. The van der Waals surface area contributed by atoms with Crippen LogP contribution in [-0.2, 0) is 4.74 Å². The van der Waals surface area contributed by atoms with Gasteiger partial charge in [-0.2, -0.15) is 0 Å². The molecule has 0 heterocycles. The topological polar surface area (TPSA) is 64.3 Å². The predicted octanol–water partition coefficient (Wildman–Crippen LogP) is 1.32. The molecular formula is C8H6F4N2O2. The van der Waals surface area contributed by atoms with E-state index in [0.29, 0.717) is 0 Å². The number of hydrazine groups is 1. The lowest BCUT2D eigenvalue weighted by Crippen LogP contribution is -2.17. The second kappa shape index (κ2) is 4.35. The Bertz CT molecular complexity index is 421. The Morgan fingerprint density at radius 2 is 1.56 bits per heavy atom. The van der Waals surface area contributed by atoms with Gasteiger partial charge in [0.1, 0.15) is 11.3 Å². The number of carbonyl (C=O) groups excluding carboxylic acids is 1.